The van der Waals surface area contributed by atoms with E-state index in [-0.39, 0.29) is 0 Å². The highest BCUT2D eigenvalue weighted by Gasteiger charge is 1.70. The molecule has 0 bridgehead atoms. The quantitative estimate of drug-likeness (QED) is 0.455. The Morgan fingerprint density at radius 1 is 2.00 bits per heavy atom. The van der Waals surface area contributed by atoms with Gasteiger partial charge in [0.15, 0.2) is 5.16 Å². The van der Waals surface area contributed by atoms with Crippen molar-refractivity contribution in [3.63, 3.8) is 0 Å². The number of hydrogen-bond donors (Lipinski definition) is 1. The van der Waals surface area contributed by atoms with Crippen LogP contribution >= 0.6 is 24.2 Å². The molecule has 0 nitrogen and oxygen atoms in total. The normalized spacial score (nSPS) is 12.2. The van der Waals surface area contributed by atoms with Crippen LogP contribution in [-0.4, -0.2) is 0 Å². The average molecular weight is 113 g/mol. The molecule has 0 unspecified atom stereocenters. The zero-order chi connectivity index (χ0) is 4.28. The highest BCUT2D eigenvalue weighted by atomic mass is 35.5. The lowest BCUT2D eigenvalue weighted by atomic mass is 11.2. The monoisotopic (exact) mass is 112 g/mol. The van der Waals surface area contributed by atoms with Crippen LogP contribution < -0.4 is 0 Å². The second-order valence-electron chi connectivity index (χ2n) is 0.432. The number of rotatable bonds is 0. The fraction of sp³-hybridized carbons (Fsp3) is 0. The van der Waals surface area contributed by atoms with Crippen molar-refractivity contribution in [2.24, 2.45) is 0 Å². The van der Waals surface area contributed by atoms with E-state index in [2.05, 4.69) is 12.6 Å². The molecule has 0 atom stereocenters. The fourth-order valence-corrected chi connectivity index (χ4v) is 0. The third-order valence-corrected chi connectivity index (χ3v) is 0.563. The first-order chi connectivity index (χ1) is 2.27. The highest BCUT2D eigenvalue weighted by Crippen LogP contribution is 2.00. The molecule has 0 aromatic carbocycles. The molecule has 0 heterocycles. The summed E-state index contributed by atoms with van der Waals surface area (Å²) < 4.78 is 11.0. The molecule has 0 aliphatic carbocycles. The molecule has 0 aromatic rings. The number of thiol groups is 1. The first-order valence-corrected chi connectivity index (χ1v) is 1.80. The van der Waals surface area contributed by atoms with Crippen molar-refractivity contribution in [1.82, 2.24) is 0 Å². The largest absolute Gasteiger partial charge is 0.199 e. The Bertz CT molecular complexity index is 47.6. The molecule has 0 saturated carbocycles. The summed E-state index contributed by atoms with van der Waals surface area (Å²) in [5.41, 5.74) is 0.753. The molecule has 0 N–H and O–H groups in total. The second-order valence-corrected chi connectivity index (χ2v) is 1.08. The van der Waals surface area contributed by atoms with E-state index in [1.54, 1.807) is 0 Å². The van der Waals surface area contributed by atoms with Gasteiger partial charge in [-0.25, -0.2) is 0 Å². The molecule has 0 aliphatic rings. The van der Waals surface area contributed by atoms with Gasteiger partial charge < -0.3 is 0 Å². The molecule has 0 saturated heterocycles. The first-order valence-electron chi connectivity index (χ1n) is 0.919. The molecule has 30 valence electrons. The lowest BCUT2D eigenvalue weighted by Crippen LogP contribution is -1.37. The van der Waals surface area contributed by atoms with Crippen molar-refractivity contribution in [2.45, 2.75) is 0 Å². The second kappa shape index (κ2) is 2.54. The molecule has 3 heteroatoms. The van der Waals surface area contributed by atoms with Gasteiger partial charge in [-0.05, 0) is 0 Å². The Morgan fingerprint density at radius 3 is 2.20 bits per heavy atom. The summed E-state index contributed by atoms with van der Waals surface area (Å²) in [5.74, 6) is 0. The molecule has 0 aliphatic heterocycles. The van der Waals surface area contributed by atoms with E-state index >= 15 is 0 Å². The Balaban J connectivity index is 3.14. The molecular formula is C2H2ClFS. The van der Waals surface area contributed by atoms with Gasteiger partial charge in [0.25, 0.3) is 0 Å². The van der Waals surface area contributed by atoms with E-state index in [9.17, 15) is 4.39 Å². The van der Waals surface area contributed by atoms with Crippen molar-refractivity contribution in [3.05, 3.63) is 10.7 Å². The highest BCUT2D eigenvalue weighted by molar-refractivity contribution is 7.84. The summed E-state index contributed by atoms with van der Waals surface area (Å²) in [5, 5.41) is -0.660. The van der Waals surface area contributed by atoms with Gasteiger partial charge in [0.05, 0.1) is 0 Å². The van der Waals surface area contributed by atoms with Crippen LogP contribution in [0, 0.1) is 0 Å². The molecule has 0 rings (SSSR count). The van der Waals surface area contributed by atoms with Crippen LogP contribution in [0.2, 0.25) is 0 Å². The first kappa shape index (κ1) is 5.31. The lowest BCUT2D eigenvalue weighted by molar-refractivity contribution is 0.704. The minimum absolute atomic E-state index is 0.660. The van der Waals surface area contributed by atoms with E-state index in [1.807, 2.05) is 0 Å². The predicted molar refractivity (Wildman–Crippen MR) is 24.0 cm³/mol. The zero-order valence-electron chi connectivity index (χ0n) is 2.28. The standard InChI is InChI=1S/C2H2ClFS/c3-1-2(4)5/h1,5H. The molecule has 0 spiro atoms. The van der Waals surface area contributed by atoms with Crippen LogP contribution in [0.4, 0.5) is 4.39 Å². The van der Waals surface area contributed by atoms with Gasteiger partial charge >= 0.3 is 0 Å². The van der Waals surface area contributed by atoms with Gasteiger partial charge in [-0.15, -0.1) is 12.6 Å². The van der Waals surface area contributed by atoms with Gasteiger partial charge in [0.2, 0.25) is 0 Å². The summed E-state index contributed by atoms with van der Waals surface area (Å²) >= 11 is 7.88. The van der Waals surface area contributed by atoms with Crippen LogP contribution in [0.3, 0.4) is 0 Å². The van der Waals surface area contributed by atoms with E-state index < -0.39 is 5.16 Å². The molecular weight excluding hydrogens is 111 g/mol. The van der Waals surface area contributed by atoms with E-state index in [0.717, 1.165) is 5.54 Å². The SMILES string of the molecule is FC(S)=CCl. The Labute approximate surface area is 40.0 Å². The fourth-order valence-electron chi connectivity index (χ4n) is 0. The van der Waals surface area contributed by atoms with Crippen LogP contribution in [0.25, 0.3) is 0 Å². The maximum absolute atomic E-state index is 11.0. The Kier molecular flexibility index (Phi) is 2.70. The zero-order valence-corrected chi connectivity index (χ0v) is 3.93. The van der Waals surface area contributed by atoms with Crippen LogP contribution in [0.5, 0.6) is 0 Å². The summed E-state index contributed by atoms with van der Waals surface area (Å²) in [6.45, 7) is 0. The molecule has 0 radical (unpaired) electrons. The van der Waals surface area contributed by atoms with Gasteiger partial charge in [0.1, 0.15) is 0 Å². The minimum atomic E-state index is -0.660. The van der Waals surface area contributed by atoms with E-state index in [0.29, 0.717) is 0 Å². The van der Waals surface area contributed by atoms with Gasteiger partial charge in [-0.2, -0.15) is 4.39 Å². The molecule has 0 amide bonds. The maximum atomic E-state index is 11.0. The average Bonchev–Trinajstić information content (AvgIpc) is 1.38. The van der Waals surface area contributed by atoms with Crippen molar-refractivity contribution in [2.75, 3.05) is 0 Å². The summed E-state index contributed by atoms with van der Waals surface area (Å²) in [7, 11) is 0. The molecule has 5 heavy (non-hydrogen) atoms. The van der Waals surface area contributed by atoms with Crippen LogP contribution in [-0.2, 0) is 0 Å². The van der Waals surface area contributed by atoms with Crippen molar-refractivity contribution in [1.29, 1.82) is 0 Å². The smallest absolute Gasteiger partial charge is 0.164 e. The van der Waals surface area contributed by atoms with E-state index in [1.165, 1.54) is 0 Å². The minimum Gasteiger partial charge on any atom is -0.199 e. The Hall–Kier alpha value is 0.310. The molecule has 0 fully saturated rings. The van der Waals surface area contributed by atoms with Crippen molar-refractivity contribution >= 4 is 24.2 Å². The predicted octanol–water partition coefficient (Wildman–Crippen LogP) is 1.92. The number of halogens is 2. The topological polar surface area (TPSA) is 0 Å². The summed E-state index contributed by atoms with van der Waals surface area (Å²) in [4.78, 5) is 0. The summed E-state index contributed by atoms with van der Waals surface area (Å²) in [6.07, 6.45) is 0. The van der Waals surface area contributed by atoms with E-state index in [4.69, 9.17) is 11.6 Å². The van der Waals surface area contributed by atoms with Crippen LogP contribution in [0.15, 0.2) is 10.7 Å². The molecule has 0 aromatic heterocycles. The maximum Gasteiger partial charge on any atom is 0.164 e. The van der Waals surface area contributed by atoms with Gasteiger partial charge in [-0.1, -0.05) is 11.6 Å². The van der Waals surface area contributed by atoms with Gasteiger partial charge in [-0.3, -0.25) is 0 Å². The number of hydrogen-bond acceptors (Lipinski definition) is 1. The third kappa shape index (κ3) is 4.31. The van der Waals surface area contributed by atoms with Gasteiger partial charge in [0, 0.05) is 5.54 Å². The Morgan fingerprint density at radius 2 is 2.20 bits per heavy atom. The lowest BCUT2D eigenvalue weighted by Gasteiger charge is -1.65. The summed E-state index contributed by atoms with van der Waals surface area (Å²) in [6, 6.07) is 0. The van der Waals surface area contributed by atoms with Crippen molar-refractivity contribution < 1.29 is 4.39 Å². The van der Waals surface area contributed by atoms with Crippen molar-refractivity contribution in [3.8, 4) is 0 Å². The third-order valence-electron chi connectivity index (χ3n) is 0.0900. The van der Waals surface area contributed by atoms with Crippen LogP contribution in [0.1, 0.15) is 0 Å².